The second-order valence-corrected chi connectivity index (χ2v) is 4.17. The maximum atomic E-state index is 12.0. The Morgan fingerprint density at radius 1 is 1.42 bits per heavy atom. The van der Waals surface area contributed by atoms with Crippen molar-refractivity contribution in [2.24, 2.45) is 0 Å². The maximum Gasteiger partial charge on any atom is 0.322 e. The average Bonchev–Trinajstić information content (AvgIpc) is 2.39. The molecule has 0 aliphatic heterocycles. The zero-order chi connectivity index (χ0) is 14.3. The van der Waals surface area contributed by atoms with E-state index >= 15 is 0 Å². The highest BCUT2D eigenvalue weighted by Crippen LogP contribution is 2.26. The fourth-order valence-electron chi connectivity index (χ4n) is 1.73. The van der Waals surface area contributed by atoms with Crippen LogP contribution in [0.25, 0.3) is 0 Å². The van der Waals surface area contributed by atoms with Crippen molar-refractivity contribution >= 4 is 11.7 Å². The van der Waals surface area contributed by atoms with E-state index in [0.717, 1.165) is 5.56 Å². The topological polar surface area (TPSA) is 61.8 Å². The van der Waals surface area contributed by atoms with E-state index in [2.05, 4.69) is 5.32 Å². The predicted molar refractivity (Wildman–Crippen MR) is 75.7 cm³/mol. The van der Waals surface area contributed by atoms with Gasteiger partial charge in [-0.15, -0.1) is 0 Å². The van der Waals surface area contributed by atoms with Gasteiger partial charge >= 0.3 is 6.03 Å². The summed E-state index contributed by atoms with van der Waals surface area (Å²) >= 11 is 0. The van der Waals surface area contributed by atoms with E-state index in [1.165, 1.54) is 4.90 Å². The number of nitrogens with zero attached hydrogens (tertiary/aromatic N) is 1. The first-order valence-corrected chi connectivity index (χ1v) is 6.52. The van der Waals surface area contributed by atoms with E-state index in [0.29, 0.717) is 31.1 Å². The first kappa shape index (κ1) is 15.3. The van der Waals surface area contributed by atoms with E-state index in [1.54, 1.807) is 0 Å². The second kappa shape index (κ2) is 7.63. The fraction of sp³-hybridized carbons (Fsp3) is 0.500. The van der Waals surface area contributed by atoms with Gasteiger partial charge in [0.15, 0.2) is 0 Å². The van der Waals surface area contributed by atoms with Crippen molar-refractivity contribution in [1.29, 1.82) is 0 Å². The van der Waals surface area contributed by atoms with Crippen molar-refractivity contribution in [3.05, 3.63) is 23.8 Å². The van der Waals surface area contributed by atoms with Crippen molar-refractivity contribution in [2.45, 2.75) is 20.8 Å². The number of carbonyl (C=O) groups is 1. The molecule has 1 rings (SSSR count). The van der Waals surface area contributed by atoms with Gasteiger partial charge in [0.1, 0.15) is 5.75 Å². The zero-order valence-electron chi connectivity index (χ0n) is 11.8. The van der Waals surface area contributed by atoms with Crippen LogP contribution in [0.3, 0.4) is 0 Å². The Morgan fingerprint density at radius 2 is 2.16 bits per heavy atom. The second-order valence-electron chi connectivity index (χ2n) is 4.17. The van der Waals surface area contributed by atoms with Crippen molar-refractivity contribution in [3.8, 4) is 5.75 Å². The van der Waals surface area contributed by atoms with Crippen LogP contribution in [0.15, 0.2) is 18.2 Å². The van der Waals surface area contributed by atoms with E-state index in [1.807, 2.05) is 39.0 Å². The van der Waals surface area contributed by atoms with Gasteiger partial charge in [-0.2, -0.15) is 0 Å². The van der Waals surface area contributed by atoms with Gasteiger partial charge in [0.05, 0.1) is 18.9 Å². The molecular formula is C14H22N2O3. The SMILES string of the molecule is CCOc1cc(C)ccc1NC(=O)N(CC)CCO. The van der Waals surface area contributed by atoms with Gasteiger partial charge in [0, 0.05) is 13.1 Å². The van der Waals surface area contributed by atoms with Crippen LogP contribution < -0.4 is 10.1 Å². The Morgan fingerprint density at radius 3 is 2.74 bits per heavy atom. The summed E-state index contributed by atoms with van der Waals surface area (Å²) in [6.45, 7) is 7.10. The number of aliphatic hydroxyl groups is 1. The van der Waals surface area contributed by atoms with Gasteiger partial charge in [-0.1, -0.05) is 6.07 Å². The van der Waals surface area contributed by atoms with Crippen molar-refractivity contribution in [1.82, 2.24) is 4.90 Å². The molecule has 0 bridgehead atoms. The molecule has 0 fully saturated rings. The number of rotatable bonds is 6. The van der Waals surface area contributed by atoms with Gasteiger partial charge in [0.25, 0.3) is 0 Å². The van der Waals surface area contributed by atoms with E-state index in [4.69, 9.17) is 9.84 Å². The zero-order valence-corrected chi connectivity index (χ0v) is 11.8. The Kier molecular flexibility index (Phi) is 6.15. The van der Waals surface area contributed by atoms with Gasteiger partial charge in [-0.3, -0.25) is 0 Å². The highest BCUT2D eigenvalue weighted by atomic mass is 16.5. The summed E-state index contributed by atoms with van der Waals surface area (Å²) in [6, 6.07) is 5.40. The molecule has 106 valence electrons. The molecule has 0 saturated heterocycles. The smallest absolute Gasteiger partial charge is 0.322 e. The number of amides is 2. The molecule has 0 aliphatic rings. The number of aryl methyl sites for hydroxylation is 1. The van der Waals surface area contributed by atoms with E-state index in [9.17, 15) is 4.79 Å². The molecule has 0 heterocycles. The summed E-state index contributed by atoms with van der Waals surface area (Å²) in [5.74, 6) is 0.663. The summed E-state index contributed by atoms with van der Waals surface area (Å²) in [4.78, 5) is 13.6. The number of likely N-dealkylation sites (N-methyl/N-ethyl adjacent to an activating group) is 1. The third kappa shape index (κ3) is 4.44. The standard InChI is InChI=1S/C14H22N2O3/c1-4-16(8-9-17)14(18)15-12-7-6-11(3)10-13(12)19-5-2/h6-7,10,17H,4-5,8-9H2,1-3H3,(H,15,18). The summed E-state index contributed by atoms with van der Waals surface area (Å²) in [7, 11) is 0. The molecule has 5 nitrogen and oxygen atoms in total. The predicted octanol–water partition coefficient (Wildman–Crippen LogP) is 2.24. The molecule has 0 radical (unpaired) electrons. The number of ether oxygens (including phenoxy) is 1. The Balaban J connectivity index is 2.83. The lowest BCUT2D eigenvalue weighted by molar-refractivity contribution is 0.192. The van der Waals surface area contributed by atoms with Crippen LogP contribution in [-0.4, -0.2) is 42.3 Å². The summed E-state index contributed by atoms with van der Waals surface area (Å²) in [6.07, 6.45) is 0. The van der Waals surface area contributed by atoms with Crippen molar-refractivity contribution in [3.63, 3.8) is 0 Å². The van der Waals surface area contributed by atoms with E-state index in [-0.39, 0.29) is 12.6 Å². The number of carbonyl (C=O) groups excluding carboxylic acids is 1. The van der Waals surface area contributed by atoms with Crippen LogP contribution in [0.1, 0.15) is 19.4 Å². The largest absolute Gasteiger partial charge is 0.492 e. The molecule has 19 heavy (non-hydrogen) atoms. The molecule has 2 N–H and O–H groups in total. The highest BCUT2D eigenvalue weighted by molar-refractivity contribution is 5.91. The monoisotopic (exact) mass is 266 g/mol. The van der Waals surface area contributed by atoms with Crippen LogP contribution in [0.2, 0.25) is 0 Å². The number of urea groups is 1. The quantitative estimate of drug-likeness (QED) is 0.830. The Bertz CT molecular complexity index is 421. The molecule has 1 aromatic rings. The normalized spacial score (nSPS) is 10.1. The van der Waals surface area contributed by atoms with Crippen molar-refractivity contribution < 1.29 is 14.6 Å². The van der Waals surface area contributed by atoms with Crippen molar-refractivity contribution in [2.75, 3.05) is 31.6 Å². The molecule has 1 aromatic carbocycles. The maximum absolute atomic E-state index is 12.0. The third-order valence-electron chi connectivity index (χ3n) is 2.72. The summed E-state index contributed by atoms with van der Waals surface area (Å²) in [5.41, 5.74) is 1.72. The lowest BCUT2D eigenvalue weighted by atomic mass is 10.2. The number of anilines is 1. The van der Waals surface area contributed by atoms with E-state index < -0.39 is 0 Å². The van der Waals surface area contributed by atoms with Gasteiger partial charge in [0.2, 0.25) is 0 Å². The van der Waals surface area contributed by atoms with Crippen LogP contribution in [0.5, 0.6) is 5.75 Å². The molecule has 5 heteroatoms. The molecule has 0 unspecified atom stereocenters. The highest BCUT2D eigenvalue weighted by Gasteiger charge is 2.13. The lowest BCUT2D eigenvalue weighted by Gasteiger charge is -2.21. The van der Waals surface area contributed by atoms with Gasteiger partial charge in [-0.05, 0) is 38.5 Å². The first-order valence-electron chi connectivity index (χ1n) is 6.52. The van der Waals surface area contributed by atoms with Crippen LogP contribution in [0, 0.1) is 6.92 Å². The molecule has 0 atom stereocenters. The van der Waals surface area contributed by atoms with Crippen LogP contribution >= 0.6 is 0 Å². The number of aliphatic hydroxyl groups excluding tert-OH is 1. The average molecular weight is 266 g/mol. The number of hydrogen-bond donors (Lipinski definition) is 2. The van der Waals surface area contributed by atoms with Gasteiger partial charge in [-0.25, -0.2) is 4.79 Å². The molecule has 2 amide bonds. The van der Waals surface area contributed by atoms with Gasteiger partial charge < -0.3 is 20.1 Å². The fourth-order valence-corrected chi connectivity index (χ4v) is 1.73. The summed E-state index contributed by atoms with van der Waals surface area (Å²) in [5, 5.41) is 11.7. The first-order chi connectivity index (χ1) is 9.12. The Hall–Kier alpha value is -1.75. The Labute approximate surface area is 114 Å². The number of benzene rings is 1. The summed E-state index contributed by atoms with van der Waals surface area (Å²) < 4.78 is 5.51. The molecule has 0 saturated carbocycles. The van der Waals surface area contributed by atoms with Crippen LogP contribution in [0.4, 0.5) is 10.5 Å². The molecule has 0 spiro atoms. The van der Waals surface area contributed by atoms with Crippen LogP contribution in [-0.2, 0) is 0 Å². The number of hydrogen-bond acceptors (Lipinski definition) is 3. The lowest BCUT2D eigenvalue weighted by Crippen LogP contribution is -2.36. The molecule has 0 aromatic heterocycles. The molecule has 0 aliphatic carbocycles. The minimum Gasteiger partial charge on any atom is -0.492 e. The minimum atomic E-state index is -0.235. The minimum absolute atomic E-state index is 0.0481. The number of nitrogens with one attached hydrogen (secondary N) is 1. The molecular weight excluding hydrogens is 244 g/mol. The third-order valence-corrected chi connectivity index (χ3v) is 2.72.